The maximum Gasteiger partial charge on any atom is 0.185 e. The Kier molecular flexibility index (Phi) is 6.77. The largest absolute Gasteiger partial charge is 0.348 e. The first-order valence-electron chi connectivity index (χ1n) is 10.2. The van der Waals surface area contributed by atoms with Crippen LogP contribution in [0.4, 0.5) is 5.13 Å². The highest BCUT2D eigenvalue weighted by molar-refractivity contribution is 9.10. The number of aryl methyl sites for hydroxylation is 2. The topological polar surface area (TPSA) is 50.3 Å². The summed E-state index contributed by atoms with van der Waals surface area (Å²) in [5.74, 6) is 0. The first kappa shape index (κ1) is 22.8. The molecule has 31 heavy (non-hydrogen) atoms. The third-order valence-corrected chi connectivity index (χ3v) is 9.95. The van der Waals surface area contributed by atoms with Gasteiger partial charge in [0.05, 0.1) is 20.9 Å². The molecule has 4 nitrogen and oxygen atoms in total. The Morgan fingerprint density at radius 2 is 1.90 bits per heavy atom. The van der Waals surface area contributed by atoms with E-state index in [4.69, 9.17) is 16.6 Å². The second kappa shape index (κ2) is 9.22. The third kappa shape index (κ3) is 5.00. The summed E-state index contributed by atoms with van der Waals surface area (Å²) < 4.78 is 27.0. The van der Waals surface area contributed by atoms with E-state index in [2.05, 4.69) is 58.3 Å². The highest BCUT2D eigenvalue weighted by Crippen LogP contribution is 2.33. The van der Waals surface area contributed by atoms with Gasteiger partial charge in [0.15, 0.2) is 15.0 Å². The van der Waals surface area contributed by atoms with Gasteiger partial charge in [-0.1, -0.05) is 51.3 Å². The molecule has 0 spiro atoms. The van der Waals surface area contributed by atoms with E-state index in [-0.39, 0.29) is 9.92 Å². The summed E-state index contributed by atoms with van der Waals surface area (Å²) in [5, 5.41) is 2.93. The molecule has 0 amide bonds. The lowest BCUT2D eigenvalue weighted by atomic mass is 10.0. The zero-order chi connectivity index (χ0) is 22.2. The average molecular weight is 540 g/mol. The molecular weight excluding hydrogens is 516 g/mol. The number of nitrogens with zero attached hydrogens (tertiary/aromatic N) is 2. The van der Waals surface area contributed by atoms with Crippen molar-refractivity contribution in [2.75, 3.05) is 18.0 Å². The van der Waals surface area contributed by atoms with E-state index in [0.717, 1.165) is 21.7 Å². The van der Waals surface area contributed by atoms with Crippen LogP contribution in [-0.2, 0) is 16.3 Å². The number of anilines is 1. The van der Waals surface area contributed by atoms with Crippen LogP contribution in [0.5, 0.6) is 0 Å². The van der Waals surface area contributed by atoms with Crippen LogP contribution in [0.15, 0.2) is 51.1 Å². The van der Waals surface area contributed by atoms with Gasteiger partial charge in [-0.05, 0) is 56.0 Å². The molecule has 0 radical (unpaired) electrons. The van der Waals surface area contributed by atoms with Crippen LogP contribution in [-0.4, -0.2) is 31.7 Å². The second-order valence-electron chi connectivity index (χ2n) is 8.03. The lowest BCUT2D eigenvalue weighted by molar-refractivity contribution is 0.529. The number of piperidine rings is 1. The van der Waals surface area contributed by atoms with Gasteiger partial charge in [0.25, 0.3) is 0 Å². The molecule has 1 saturated heterocycles. The molecule has 0 unspecified atom stereocenters. The SMILES string of the molecule is Cc1ccc(C)c(Cc2csc(N3CCC(S(=O)(=O)c4ccc(Br)cc4Cl)CC3)n2)c1. The van der Waals surface area contributed by atoms with E-state index in [1.807, 2.05) is 0 Å². The zero-order valence-corrected chi connectivity index (χ0v) is 21.4. The molecule has 2 heterocycles. The van der Waals surface area contributed by atoms with E-state index >= 15 is 0 Å². The molecule has 1 aromatic heterocycles. The summed E-state index contributed by atoms with van der Waals surface area (Å²) >= 11 is 11.2. The van der Waals surface area contributed by atoms with Crippen molar-refractivity contribution < 1.29 is 8.42 Å². The fourth-order valence-corrected chi connectivity index (χ4v) is 7.61. The first-order valence-corrected chi connectivity index (χ1v) is 13.8. The summed E-state index contributed by atoms with van der Waals surface area (Å²) in [7, 11) is -3.46. The van der Waals surface area contributed by atoms with Crippen LogP contribution in [0.2, 0.25) is 5.02 Å². The van der Waals surface area contributed by atoms with Gasteiger partial charge in [-0.3, -0.25) is 0 Å². The molecule has 4 rings (SSSR count). The van der Waals surface area contributed by atoms with E-state index in [1.54, 1.807) is 29.5 Å². The van der Waals surface area contributed by atoms with Crippen LogP contribution in [0.25, 0.3) is 0 Å². The van der Waals surface area contributed by atoms with Gasteiger partial charge in [-0.2, -0.15) is 0 Å². The minimum atomic E-state index is -3.46. The highest BCUT2D eigenvalue weighted by Gasteiger charge is 2.33. The quantitative estimate of drug-likeness (QED) is 0.387. The van der Waals surface area contributed by atoms with Gasteiger partial charge in [0, 0.05) is 29.4 Å². The minimum absolute atomic E-state index is 0.223. The summed E-state index contributed by atoms with van der Waals surface area (Å²) in [6.07, 6.45) is 1.96. The molecule has 1 aliphatic heterocycles. The van der Waals surface area contributed by atoms with Crippen LogP contribution >= 0.6 is 38.9 Å². The molecule has 0 saturated carbocycles. The number of thiazole rings is 1. The monoisotopic (exact) mass is 538 g/mol. The molecule has 0 atom stereocenters. The van der Waals surface area contributed by atoms with Gasteiger partial charge < -0.3 is 4.90 Å². The third-order valence-electron chi connectivity index (χ3n) is 5.77. The van der Waals surface area contributed by atoms with Gasteiger partial charge >= 0.3 is 0 Å². The van der Waals surface area contributed by atoms with E-state index < -0.39 is 15.1 Å². The normalized spacial score (nSPS) is 15.4. The number of rotatable bonds is 5. The van der Waals surface area contributed by atoms with Crippen LogP contribution in [0, 0.1) is 13.8 Å². The van der Waals surface area contributed by atoms with Crippen molar-refractivity contribution in [1.82, 2.24) is 4.98 Å². The van der Waals surface area contributed by atoms with Gasteiger partial charge in [0.2, 0.25) is 0 Å². The number of benzene rings is 2. The van der Waals surface area contributed by atoms with E-state index in [1.165, 1.54) is 16.7 Å². The Bertz CT molecular complexity index is 1200. The smallest absolute Gasteiger partial charge is 0.185 e. The second-order valence-corrected chi connectivity index (χ2v) is 12.4. The lowest BCUT2D eigenvalue weighted by Crippen LogP contribution is -2.39. The molecule has 1 fully saturated rings. The maximum absolute atomic E-state index is 13.1. The van der Waals surface area contributed by atoms with Crippen LogP contribution in [0.3, 0.4) is 0 Å². The minimum Gasteiger partial charge on any atom is -0.348 e. The van der Waals surface area contributed by atoms with E-state index in [0.29, 0.717) is 25.9 Å². The van der Waals surface area contributed by atoms with Crippen molar-refractivity contribution in [3.8, 4) is 0 Å². The molecule has 0 N–H and O–H groups in total. The number of hydrogen-bond acceptors (Lipinski definition) is 5. The van der Waals surface area contributed by atoms with Crippen molar-refractivity contribution in [2.45, 2.75) is 43.3 Å². The average Bonchev–Trinajstić information content (AvgIpc) is 3.19. The number of halogens is 2. The van der Waals surface area contributed by atoms with Crippen molar-refractivity contribution in [3.05, 3.63) is 73.7 Å². The van der Waals surface area contributed by atoms with Gasteiger partial charge in [-0.15, -0.1) is 11.3 Å². The summed E-state index contributed by atoms with van der Waals surface area (Å²) in [6, 6.07) is 11.5. The van der Waals surface area contributed by atoms with Gasteiger partial charge in [0.1, 0.15) is 0 Å². The lowest BCUT2D eigenvalue weighted by Gasteiger charge is -2.31. The molecule has 8 heteroatoms. The Morgan fingerprint density at radius 1 is 1.16 bits per heavy atom. The summed E-state index contributed by atoms with van der Waals surface area (Å²) in [4.78, 5) is 7.26. The first-order chi connectivity index (χ1) is 14.7. The van der Waals surface area contributed by atoms with Crippen molar-refractivity contribution in [3.63, 3.8) is 0 Å². The Morgan fingerprint density at radius 3 is 2.61 bits per heavy atom. The Hall–Kier alpha value is -1.41. The molecule has 0 aliphatic carbocycles. The van der Waals surface area contributed by atoms with Gasteiger partial charge in [-0.25, -0.2) is 13.4 Å². The Labute approximate surface area is 201 Å². The van der Waals surface area contributed by atoms with E-state index in [9.17, 15) is 8.42 Å². The Balaban J connectivity index is 1.43. The fourth-order valence-electron chi connectivity index (χ4n) is 3.95. The molecule has 2 aromatic carbocycles. The van der Waals surface area contributed by atoms with Crippen LogP contribution < -0.4 is 4.90 Å². The molecule has 3 aromatic rings. The fraction of sp³-hybridized carbons (Fsp3) is 0.348. The molecule has 0 bridgehead atoms. The standard InChI is InChI=1S/C23H24BrClN2O2S2/c1-15-3-4-16(2)17(11-15)12-19-14-30-23(26-19)27-9-7-20(8-10-27)31(28,29)22-6-5-18(24)13-21(22)25/h3-6,11,13-14,20H,7-10,12H2,1-2H3. The van der Waals surface area contributed by atoms with Crippen LogP contribution in [0.1, 0.15) is 35.2 Å². The van der Waals surface area contributed by atoms with Crippen molar-refractivity contribution >= 4 is 53.8 Å². The number of sulfone groups is 1. The summed E-state index contributed by atoms with van der Waals surface area (Å²) in [5.41, 5.74) is 4.89. The van der Waals surface area contributed by atoms with Crippen molar-refractivity contribution in [1.29, 1.82) is 0 Å². The predicted octanol–water partition coefficient (Wildman–Crippen LogP) is 6.21. The molecule has 164 valence electrons. The maximum atomic E-state index is 13.1. The number of hydrogen-bond donors (Lipinski definition) is 0. The number of aromatic nitrogens is 1. The van der Waals surface area contributed by atoms with Crippen molar-refractivity contribution in [2.24, 2.45) is 0 Å². The predicted molar refractivity (Wildman–Crippen MR) is 132 cm³/mol. The highest BCUT2D eigenvalue weighted by atomic mass is 79.9. The summed E-state index contributed by atoms with van der Waals surface area (Å²) in [6.45, 7) is 5.59. The molecular formula is C23H24BrClN2O2S2. The molecule has 1 aliphatic rings. The zero-order valence-electron chi connectivity index (χ0n) is 17.4.